The highest BCUT2D eigenvalue weighted by Crippen LogP contribution is 2.49. The first-order valence-electron chi connectivity index (χ1n) is 16.8. The lowest BCUT2D eigenvalue weighted by Gasteiger charge is -2.45. The Morgan fingerprint density at radius 1 is 1.08 bits per heavy atom. The Bertz CT molecular complexity index is 1560. The van der Waals surface area contributed by atoms with Crippen molar-refractivity contribution >= 4 is 33.4 Å². The van der Waals surface area contributed by atoms with Gasteiger partial charge in [0.15, 0.2) is 0 Å². The van der Waals surface area contributed by atoms with Crippen molar-refractivity contribution < 1.29 is 36.8 Å². The van der Waals surface area contributed by atoms with Crippen LogP contribution in [-0.2, 0) is 28.9 Å². The minimum Gasteiger partial charge on any atom is -0.470 e. The number of likely N-dealkylation sites (tertiary alicyclic amines) is 1. The summed E-state index contributed by atoms with van der Waals surface area (Å²) in [6, 6.07) is 7.69. The Balaban J connectivity index is 1.10. The lowest BCUT2D eigenvalue weighted by atomic mass is 9.61. The van der Waals surface area contributed by atoms with Crippen LogP contribution in [0.3, 0.4) is 0 Å². The number of hydrogen-bond donors (Lipinski definition) is 0. The first-order chi connectivity index (χ1) is 23.5. The van der Waals surface area contributed by atoms with Gasteiger partial charge in [0.2, 0.25) is 9.84 Å². The van der Waals surface area contributed by atoms with E-state index in [2.05, 4.69) is 52.6 Å². The Labute approximate surface area is 294 Å². The van der Waals surface area contributed by atoms with Crippen LogP contribution in [0, 0.1) is 23.2 Å². The maximum Gasteiger partial charge on any atom is 0.305 e. The van der Waals surface area contributed by atoms with Crippen molar-refractivity contribution in [2.45, 2.75) is 68.2 Å². The molecule has 1 aromatic carbocycles. The Kier molecular flexibility index (Phi) is 14.0. The van der Waals surface area contributed by atoms with Gasteiger partial charge in [0.25, 0.3) is 10.9 Å². The standard InChI is InChI=1S/C36H48ClN3O8S/c1-5-36(4)17-16-29(21-31(36)26(2)22-37)27(3)23-40-18-10-11-28(24-40)25-47-33(42)15-9-14-32(41)45-19-20-46-34-35(39-48-38-34)49(43,44)30-12-7-6-8-13-30/h5-8,12-13,28-29,31H,1-3,9-11,14-25H2,4H3/t28?,29-,31+,36-/m1/s1. The van der Waals surface area contributed by atoms with Gasteiger partial charge >= 0.3 is 11.9 Å². The van der Waals surface area contributed by atoms with E-state index in [0.717, 1.165) is 57.3 Å². The number of aromatic nitrogens is 2. The summed E-state index contributed by atoms with van der Waals surface area (Å²) in [5.41, 5.74) is 2.32. The van der Waals surface area contributed by atoms with Gasteiger partial charge in [0.05, 0.1) is 11.5 Å². The summed E-state index contributed by atoms with van der Waals surface area (Å²) >= 11 is 6.18. The molecule has 0 spiro atoms. The average molecular weight is 718 g/mol. The number of alkyl halides is 1. The minimum absolute atomic E-state index is 0.0118. The summed E-state index contributed by atoms with van der Waals surface area (Å²) in [5, 5.41) is 6.50. The van der Waals surface area contributed by atoms with E-state index in [9.17, 15) is 18.0 Å². The molecular formula is C36H48ClN3O8S. The molecule has 1 aliphatic carbocycles. The number of allylic oxidation sites excluding steroid dienone is 2. The fourth-order valence-corrected chi connectivity index (χ4v) is 8.06. The van der Waals surface area contributed by atoms with E-state index in [4.69, 9.17) is 25.8 Å². The van der Waals surface area contributed by atoms with Crippen LogP contribution < -0.4 is 4.74 Å². The number of nitrogens with zero attached hydrogens (tertiary/aromatic N) is 3. The van der Waals surface area contributed by atoms with Crippen LogP contribution in [0.5, 0.6) is 5.88 Å². The molecule has 0 amide bonds. The highest BCUT2D eigenvalue weighted by Gasteiger charge is 2.40. The first kappa shape index (κ1) is 38.3. The van der Waals surface area contributed by atoms with Crippen LogP contribution in [0.4, 0.5) is 0 Å². The van der Waals surface area contributed by atoms with Gasteiger partial charge in [-0.3, -0.25) is 14.5 Å². The number of benzene rings is 1. The molecule has 0 bridgehead atoms. The Morgan fingerprint density at radius 3 is 2.53 bits per heavy atom. The number of sulfone groups is 1. The van der Waals surface area contributed by atoms with Crippen molar-refractivity contribution in [3.8, 4) is 5.88 Å². The molecule has 1 unspecified atom stereocenters. The van der Waals surface area contributed by atoms with Gasteiger partial charge < -0.3 is 14.2 Å². The van der Waals surface area contributed by atoms with Crippen molar-refractivity contribution in [1.29, 1.82) is 0 Å². The van der Waals surface area contributed by atoms with E-state index in [1.54, 1.807) is 18.2 Å². The van der Waals surface area contributed by atoms with Crippen LogP contribution in [0.15, 0.2) is 81.8 Å². The summed E-state index contributed by atoms with van der Waals surface area (Å²) in [6.07, 6.45) is 7.61. The Morgan fingerprint density at radius 2 is 1.82 bits per heavy atom. The SMILES string of the molecule is C=C[C@]1(C)CC[C@@H](C(=C)CN2CCCC(COC(=O)CCCC(=O)OCCOc3nonc3S(=O)(=O)c3ccccc3)C2)C[C@H]1C(=C)CCl. The predicted molar refractivity (Wildman–Crippen MR) is 185 cm³/mol. The molecule has 2 aromatic rings. The Hall–Kier alpha value is -3.48. The van der Waals surface area contributed by atoms with Gasteiger partial charge in [-0.15, -0.1) is 18.2 Å². The molecule has 4 rings (SSSR count). The van der Waals surface area contributed by atoms with Gasteiger partial charge in [-0.05, 0) is 84.8 Å². The number of esters is 2. The third-order valence-electron chi connectivity index (χ3n) is 9.65. The van der Waals surface area contributed by atoms with Crippen molar-refractivity contribution in [2.75, 3.05) is 45.3 Å². The molecule has 1 saturated carbocycles. The summed E-state index contributed by atoms with van der Waals surface area (Å²) in [7, 11) is -3.99. The largest absolute Gasteiger partial charge is 0.470 e. The van der Waals surface area contributed by atoms with E-state index in [0.29, 0.717) is 24.3 Å². The highest BCUT2D eigenvalue weighted by molar-refractivity contribution is 7.91. The fraction of sp³-hybridized carbons (Fsp3) is 0.556. The normalized spacial score (nSPS) is 22.9. The second-order valence-corrected chi connectivity index (χ2v) is 15.4. The van der Waals surface area contributed by atoms with E-state index in [-0.39, 0.29) is 60.6 Å². The molecule has 1 saturated heterocycles. The van der Waals surface area contributed by atoms with Crippen LogP contribution in [0.2, 0.25) is 0 Å². The van der Waals surface area contributed by atoms with Crippen LogP contribution >= 0.6 is 11.6 Å². The summed E-state index contributed by atoms with van der Waals surface area (Å²) in [4.78, 5) is 27.0. The molecule has 49 heavy (non-hydrogen) atoms. The first-order valence-corrected chi connectivity index (χ1v) is 18.8. The molecule has 4 atom stereocenters. The molecule has 13 heteroatoms. The zero-order valence-electron chi connectivity index (χ0n) is 28.3. The number of ether oxygens (including phenoxy) is 3. The molecular weight excluding hydrogens is 670 g/mol. The second kappa shape index (κ2) is 18.0. The number of halogens is 1. The van der Waals surface area contributed by atoms with Crippen molar-refractivity contribution in [1.82, 2.24) is 15.2 Å². The highest BCUT2D eigenvalue weighted by atomic mass is 35.5. The number of hydrogen-bond acceptors (Lipinski definition) is 11. The van der Waals surface area contributed by atoms with Crippen LogP contribution in [-0.4, -0.2) is 80.9 Å². The summed E-state index contributed by atoms with van der Waals surface area (Å²) in [6.45, 7) is 17.8. The van der Waals surface area contributed by atoms with E-state index >= 15 is 0 Å². The molecule has 1 aliphatic heterocycles. The van der Waals surface area contributed by atoms with Crippen LogP contribution in [0.1, 0.15) is 58.3 Å². The third kappa shape index (κ3) is 10.5. The molecule has 2 aliphatic rings. The predicted octanol–water partition coefficient (Wildman–Crippen LogP) is 6.21. The third-order valence-corrected chi connectivity index (χ3v) is 11.6. The van der Waals surface area contributed by atoms with Crippen molar-refractivity contribution in [2.24, 2.45) is 23.2 Å². The van der Waals surface area contributed by atoms with Crippen molar-refractivity contribution in [3.63, 3.8) is 0 Å². The maximum absolute atomic E-state index is 12.8. The molecule has 1 aromatic heterocycles. The molecule has 0 N–H and O–H groups in total. The fourth-order valence-electron chi connectivity index (χ4n) is 6.68. The number of carbonyl (C=O) groups is 2. The smallest absolute Gasteiger partial charge is 0.305 e. The molecule has 0 radical (unpaired) electrons. The van der Waals surface area contributed by atoms with Gasteiger partial charge in [-0.1, -0.05) is 55.5 Å². The van der Waals surface area contributed by atoms with E-state index in [1.807, 2.05) is 0 Å². The summed E-state index contributed by atoms with van der Waals surface area (Å²) < 4.78 is 46.1. The topological polar surface area (TPSA) is 138 Å². The monoisotopic (exact) mass is 717 g/mol. The van der Waals surface area contributed by atoms with Crippen molar-refractivity contribution in [3.05, 3.63) is 67.3 Å². The van der Waals surface area contributed by atoms with Gasteiger partial charge in [-0.25, -0.2) is 13.0 Å². The summed E-state index contributed by atoms with van der Waals surface area (Å²) in [5.74, 6) is 0.235. The second-order valence-electron chi connectivity index (χ2n) is 13.2. The minimum atomic E-state index is -3.99. The quantitative estimate of drug-likeness (QED) is 0.0753. The number of carbonyl (C=O) groups excluding carboxylic acids is 2. The van der Waals surface area contributed by atoms with E-state index in [1.165, 1.54) is 17.7 Å². The number of rotatable bonds is 18. The molecule has 268 valence electrons. The lowest BCUT2D eigenvalue weighted by Crippen LogP contribution is -2.40. The average Bonchev–Trinajstić information content (AvgIpc) is 3.59. The molecule has 2 fully saturated rings. The zero-order valence-corrected chi connectivity index (χ0v) is 29.9. The van der Waals surface area contributed by atoms with Gasteiger partial charge in [0.1, 0.15) is 13.2 Å². The van der Waals surface area contributed by atoms with Gasteiger partial charge in [0, 0.05) is 37.7 Å². The van der Waals surface area contributed by atoms with Gasteiger partial charge in [-0.2, -0.15) is 0 Å². The van der Waals surface area contributed by atoms with Crippen LogP contribution in [0.25, 0.3) is 0 Å². The maximum atomic E-state index is 12.8. The lowest BCUT2D eigenvalue weighted by molar-refractivity contribution is -0.147. The van der Waals surface area contributed by atoms with E-state index < -0.39 is 20.8 Å². The molecule has 2 heterocycles. The zero-order chi connectivity index (χ0) is 35.4. The molecule has 11 nitrogen and oxygen atoms in total. The number of piperidine rings is 1.